The second-order valence-electron chi connectivity index (χ2n) is 7.92. The first-order valence-corrected chi connectivity index (χ1v) is 10.4. The van der Waals surface area contributed by atoms with Crippen molar-refractivity contribution in [3.63, 3.8) is 0 Å². The maximum atomic E-state index is 6.52. The number of allylic oxidation sites excluding steroid dienone is 2. The van der Waals surface area contributed by atoms with Crippen LogP contribution in [0.3, 0.4) is 0 Å². The van der Waals surface area contributed by atoms with Gasteiger partial charge in [-0.1, -0.05) is 55.3 Å². The van der Waals surface area contributed by atoms with Crippen LogP contribution in [-0.4, -0.2) is 6.61 Å². The zero-order valence-electron chi connectivity index (χ0n) is 15.7. The van der Waals surface area contributed by atoms with E-state index in [1.807, 2.05) is 18.2 Å². The topological polar surface area (TPSA) is 21.3 Å². The summed E-state index contributed by atoms with van der Waals surface area (Å²) in [6.07, 6.45) is 6.73. The van der Waals surface area contributed by atoms with Gasteiger partial charge in [0.25, 0.3) is 0 Å². The summed E-state index contributed by atoms with van der Waals surface area (Å²) in [5, 5.41) is 5.12. The highest BCUT2D eigenvalue weighted by molar-refractivity contribution is 6.35. The SMILES string of the molecule is CC(C)CCOc1ccc2c(c1)C1C=CCC1C(c1ccc(Cl)cc1Cl)N2. The summed E-state index contributed by atoms with van der Waals surface area (Å²) in [6, 6.07) is 12.4. The van der Waals surface area contributed by atoms with Crippen molar-refractivity contribution >= 4 is 28.9 Å². The first-order valence-electron chi connectivity index (χ1n) is 9.68. The van der Waals surface area contributed by atoms with E-state index in [0.717, 1.165) is 41.5 Å². The third-order valence-corrected chi connectivity index (χ3v) is 6.16. The summed E-state index contributed by atoms with van der Waals surface area (Å²) in [5.74, 6) is 2.43. The molecule has 1 aliphatic carbocycles. The van der Waals surface area contributed by atoms with E-state index in [1.54, 1.807) is 0 Å². The van der Waals surface area contributed by atoms with Crippen molar-refractivity contribution in [1.82, 2.24) is 0 Å². The predicted octanol–water partition coefficient (Wildman–Crippen LogP) is 7.24. The molecule has 2 nitrogen and oxygen atoms in total. The van der Waals surface area contributed by atoms with Crippen molar-refractivity contribution in [1.29, 1.82) is 0 Å². The van der Waals surface area contributed by atoms with Gasteiger partial charge in [-0.3, -0.25) is 0 Å². The molecule has 0 radical (unpaired) electrons. The number of benzene rings is 2. The average Bonchev–Trinajstić information content (AvgIpc) is 3.11. The van der Waals surface area contributed by atoms with Crippen molar-refractivity contribution in [3.05, 3.63) is 69.7 Å². The van der Waals surface area contributed by atoms with Crippen LogP contribution in [0.4, 0.5) is 5.69 Å². The number of halogens is 2. The zero-order chi connectivity index (χ0) is 19.0. The molecule has 0 bridgehead atoms. The van der Waals surface area contributed by atoms with E-state index in [2.05, 4.69) is 49.5 Å². The van der Waals surface area contributed by atoms with E-state index >= 15 is 0 Å². The molecule has 4 rings (SSSR count). The molecule has 0 saturated heterocycles. The van der Waals surface area contributed by atoms with Gasteiger partial charge in [0.1, 0.15) is 5.75 Å². The largest absolute Gasteiger partial charge is 0.494 e. The molecule has 0 amide bonds. The number of anilines is 1. The van der Waals surface area contributed by atoms with E-state index in [1.165, 1.54) is 5.56 Å². The zero-order valence-corrected chi connectivity index (χ0v) is 17.2. The summed E-state index contributed by atoms with van der Waals surface area (Å²) in [6.45, 7) is 5.20. The first-order chi connectivity index (χ1) is 13.0. The lowest BCUT2D eigenvalue weighted by molar-refractivity contribution is 0.289. The molecule has 0 spiro atoms. The maximum Gasteiger partial charge on any atom is 0.119 e. The summed E-state index contributed by atoms with van der Waals surface area (Å²) in [5.41, 5.74) is 3.59. The number of hydrogen-bond acceptors (Lipinski definition) is 2. The summed E-state index contributed by atoms with van der Waals surface area (Å²) < 4.78 is 5.99. The van der Waals surface area contributed by atoms with Crippen LogP contribution in [0, 0.1) is 11.8 Å². The van der Waals surface area contributed by atoms with Crippen LogP contribution >= 0.6 is 23.2 Å². The molecular weight excluding hydrogens is 377 g/mol. The molecule has 2 aromatic carbocycles. The van der Waals surface area contributed by atoms with Gasteiger partial charge in [0.2, 0.25) is 0 Å². The van der Waals surface area contributed by atoms with Crippen molar-refractivity contribution in [2.45, 2.75) is 38.6 Å². The molecule has 0 fully saturated rings. The molecule has 1 heterocycles. The number of rotatable bonds is 5. The Kier molecular flexibility index (Phi) is 5.39. The van der Waals surface area contributed by atoms with Gasteiger partial charge in [-0.15, -0.1) is 0 Å². The monoisotopic (exact) mass is 401 g/mol. The third kappa shape index (κ3) is 3.83. The Morgan fingerprint density at radius 3 is 2.74 bits per heavy atom. The molecule has 3 unspecified atom stereocenters. The number of fused-ring (bicyclic) bond motifs is 3. The van der Waals surface area contributed by atoms with Gasteiger partial charge in [0.05, 0.1) is 12.6 Å². The standard InChI is InChI=1S/C23H25Cl2NO/c1-14(2)10-11-27-16-7-9-22-20(13-16)17-4-3-5-18(17)23(26-22)19-8-6-15(24)12-21(19)25/h3-4,6-9,12-14,17-18,23,26H,5,10-11H2,1-2H3. The lowest BCUT2D eigenvalue weighted by Gasteiger charge is -2.38. The Morgan fingerprint density at radius 2 is 1.96 bits per heavy atom. The van der Waals surface area contributed by atoms with Crippen LogP contribution in [-0.2, 0) is 0 Å². The molecule has 1 N–H and O–H groups in total. The second kappa shape index (κ2) is 7.77. The number of hydrogen-bond donors (Lipinski definition) is 1. The van der Waals surface area contributed by atoms with Gasteiger partial charge in [0, 0.05) is 21.7 Å². The Balaban J connectivity index is 1.62. The van der Waals surface area contributed by atoms with E-state index in [9.17, 15) is 0 Å². The predicted molar refractivity (Wildman–Crippen MR) is 114 cm³/mol. The molecule has 2 aliphatic rings. The molecular formula is C23H25Cl2NO. The van der Waals surface area contributed by atoms with Crippen LogP contribution in [0.15, 0.2) is 48.6 Å². The van der Waals surface area contributed by atoms with Crippen LogP contribution in [0.2, 0.25) is 10.0 Å². The van der Waals surface area contributed by atoms with Crippen LogP contribution in [0.5, 0.6) is 5.75 Å². The molecule has 142 valence electrons. The van der Waals surface area contributed by atoms with E-state index in [-0.39, 0.29) is 6.04 Å². The van der Waals surface area contributed by atoms with E-state index in [0.29, 0.717) is 22.8 Å². The van der Waals surface area contributed by atoms with Crippen molar-refractivity contribution in [2.24, 2.45) is 11.8 Å². The van der Waals surface area contributed by atoms with Crippen LogP contribution < -0.4 is 10.1 Å². The first kappa shape index (κ1) is 18.7. The Bertz CT molecular complexity index is 861. The highest BCUT2D eigenvalue weighted by atomic mass is 35.5. The average molecular weight is 402 g/mol. The van der Waals surface area contributed by atoms with Gasteiger partial charge >= 0.3 is 0 Å². The molecule has 0 saturated carbocycles. The molecule has 0 aromatic heterocycles. The second-order valence-corrected chi connectivity index (χ2v) is 8.77. The molecule has 4 heteroatoms. The summed E-state index contributed by atoms with van der Waals surface area (Å²) >= 11 is 12.6. The third-order valence-electron chi connectivity index (χ3n) is 5.60. The summed E-state index contributed by atoms with van der Waals surface area (Å²) in [4.78, 5) is 0. The van der Waals surface area contributed by atoms with Gasteiger partial charge in [-0.25, -0.2) is 0 Å². The van der Waals surface area contributed by atoms with Crippen molar-refractivity contribution in [2.75, 3.05) is 11.9 Å². The Hall–Kier alpha value is -1.64. The highest BCUT2D eigenvalue weighted by Crippen LogP contribution is 2.51. The molecule has 2 aromatic rings. The minimum absolute atomic E-state index is 0.176. The van der Waals surface area contributed by atoms with Crippen LogP contribution in [0.1, 0.15) is 49.8 Å². The van der Waals surface area contributed by atoms with Crippen molar-refractivity contribution in [3.8, 4) is 5.75 Å². The fourth-order valence-electron chi connectivity index (χ4n) is 4.14. The van der Waals surface area contributed by atoms with E-state index < -0.39 is 0 Å². The minimum Gasteiger partial charge on any atom is -0.494 e. The summed E-state index contributed by atoms with van der Waals surface area (Å²) in [7, 11) is 0. The fourth-order valence-corrected chi connectivity index (χ4v) is 4.66. The van der Waals surface area contributed by atoms with E-state index in [4.69, 9.17) is 27.9 Å². The van der Waals surface area contributed by atoms with Crippen LogP contribution in [0.25, 0.3) is 0 Å². The van der Waals surface area contributed by atoms with Gasteiger partial charge < -0.3 is 10.1 Å². The maximum absolute atomic E-state index is 6.52. The molecule has 3 atom stereocenters. The Labute approximate surface area is 171 Å². The fraction of sp³-hybridized carbons (Fsp3) is 0.391. The van der Waals surface area contributed by atoms with Gasteiger partial charge in [-0.2, -0.15) is 0 Å². The number of nitrogens with one attached hydrogen (secondary N) is 1. The van der Waals surface area contributed by atoms with Gasteiger partial charge in [0.15, 0.2) is 0 Å². The quantitative estimate of drug-likeness (QED) is 0.532. The minimum atomic E-state index is 0.176. The molecule has 27 heavy (non-hydrogen) atoms. The Morgan fingerprint density at radius 1 is 1.11 bits per heavy atom. The highest BCUT2D eigenvalue weighted by Gasteiger charge is 2.38. The lowest BCUT2D eigenvalue weighted by Crippen LogP contribution is -2.29. The van der Waals surface area contributed by atoms with Crippen molar-refractivity contribution < 1.29 is 4.74 Å². The number of ether oxygens (including phenoxy) is 1. The lowest BCUT2D eigenvalue weighted by atomic mass is 9.77. The normalized spacial score (nSPS) is 23.1. The smallest absolute Gasteiger partial charge is 0.119 e. The molecule has 1 aliphatic heterocycles. The van der Waals surface area contributed by atoms with Gasteiger partial charge in [-0.05, 0) is 66.1 Å².